The number of amides is 1. The maximum atomic E-state index is 12.6. The second kappa shape index (κ2) is 6.69. The van der Waals surface area contributed by atoms with Crippen molar-refractivity contribution in [2.45, 2.75) is 37.6 Å². The highest BCUT2D eigenvalue weighted by molar-refractivity contribution is 5.77. The predicted octanol–water partition coefficient (Wildman–Crippen LogP) is 2.50. The third-order valence-electron chi connectivity index (χ3n) is 5.05. The van der Waals surface area contributed by atoms with Gasteiger partial charge in [0.1, 0.15) is 5.75 Å². The first-order chi connectivity index (χ1) is 10.6. The summed E-state index contributed by atoms with van der Waals surface area (Å²) in [4.78, 5) is 17.0. The maximum Gasteiger partial charge on any atom is 0.223 e. The Labute approximate surface area is 133 Å². The highest BCUT2D eigenvalue weighted by Gasteiger charge is 2.28. The molecule has 4 nitrogen and oxygen atoms in total. The van der Waals surface area contributed by atoms with Gasteiger partial charge in [0.05, 0.1) is 6.61 Å². The minimum absolute atomic E-state index is 0.305. The van der Waals surface area contributed by atoms with Crippen molar-refractivity contribution in [3.05, 3.63) is 29.8 Å². The van der Waals surface area contributed by atoms with E-state index in [1.165, 1.54) is 5.56 Å². The van der Waals surface area contributed by atoms with Crippen LogP contribution in [0, 0.1) is 0 Å². The normalized spacial score (nSPS) is 22.3. The molecule has 0 saturated carbocycles. The summed E-state index contributed by atoms with van der Waals surface area (Å²) in [7, 11) is 4.25. The quantitative estimate of drug-likeness (QED) is 0.860. The number of carbonyl (C=O) groups excluding carboxylic acids is 1. The van der Waals surface area contributed by atoms with E-state index in [-0.39, 0.29) is 0 Å². The summed E-state index contributed by atoms with van der Waals surface area (Å²) in [6, 6.07) is 8.76. The zero-order valence-electron chi connectivity index (χ0n) is 13.6. The second-order valence-corrected chi connectivity index (χ2v) is 6.65. The minimum Gasteiger partial charge on any atom is -0.493 e. The molecule has 1 fully saturated rings. The lowest BCUT2D eigenvalue weighted by Crippen LogP contribution is -2.44. The molecular weight excluding hydrogens is 276 g/mol. The van der Waals surface area contributed by atoms with Crippen LogP contribution >= 0.6 is 0 Å². The summed E-state index contributed by atoms with van der Waals surface area (Å²) in [6.45, 7) is 2.51. The van der Waals surface area contributed by atoms with Crippen LogP contribution in [-0.4, -0.2) is 55.5 Å². The summed E-state index contributed by atoms with van der Waals surface area (Å²) in [6.07, 6.45) is 3.73. The first-order valence-electron chi connectivity index (χ1n) is 8.31. The molecule has 2 aliphatic rings. The van der Waals surface area contributed by atoms with Crippen molar-refractivity contribution in [1.29, 1.82) is 0 Å². The van der Waals surface area contributed by atoms with E-state index in [0.717, 1.165) is 44.7 Å². The molecule has 0 aliphatic carbocycles. The molecule has 1 saturated heterocycles. The first-order valence-corrected chi connectivity index (χ1v) is 8.31. The highest BCUT2D eigenvalue weighted by Crippen LogP contribution is 2.36. The fourth-order valence-corrected chi connectivity index (χ4v) is 3.60. The van der Waals surface area contributed by atoms with E-state index in [9.17, 15) is 4.79 Å². The van der Waals surface area contributed by atoms with E-state index in [4.69, 9.17) is 4.74 Å². The Bertz CT molecular complexity index is 522. The third-order valence-corrected chi connectivity index (χ3v) is 5.05. The summed E-state index contributed by atoms with van der Waals surface area (Å²) >= 11 is 0. The lowest BCUT2D eigenvalue weighted by atomic mass is 9.89. The van der Waals surface area contributed by atoms with E-state index in [1.54, 1.807) is 0 Å². The monoisotopic (exact) mass is 302 g/mol. The van der Waals surface area contributed by atoms with Gasteiger partial charge in [0, 0.05) is 25.6 Å². The van der Waals surface area contributed by atoms with Crippen molar-refractivity contribution in [2.24, 2.45) is 0 Å². The molecule has 0 radical (unpaired) electrons. The Hall–Kier alpha value is -1.55. The van der Waals surface area contributed by atoms with Gasteiger partial charge in [0.2, 0.25) is 5.91 Å². The van der Waals surface area contributed by atoms with E-state index in [2.05, 4.69) is 30.0 Å². The predicted molar refractivity (Wildman–Crippen MR) is 87.2 cm³/mol. The van der Waals surface area contributed by atoms with Crippen LogP contribution in [0.3, 0.4) is 0 Å². The zero-order chi connectivity index (χ0) is 15.5. The number of para-hydroxylation sites is 1. The number of likely N-dealkylation sites (tertiary alicyclic amines) is 1. The van der Waals surface area contributed by atoms with Gasteiger partial charge < -0.3 is 14.5 Å². The minimum atomic E-state index is 0.305. The number of hydrogen-bond donors (Lipinski definition) is 0. The molecule has 1 atom stereocenters. The molecule has 1 aromatic carbocycles. The van der Waals surface area contributed by atoms with Crippen LogP contribution in [0.2, 0.25) is 0 Å². The summed E-state index contributed by atoms with van der Waals surface area (Å²) in [5.41, 5.74) is 1.20. The molecule has 0 N–H and O–H groups in total. The van der Waals surface area contributed by atoms with E-state index < -0.39 is 0 Å². The van der Waals surface area contributed by atoms with Crippen LogP contribution in [0.25, 0.3) is 0 Å². The molecule has 4 heteroatoms. The van der Waals surface area contributed by atoms with Gasteiger partial charge in [-0.2, -0.15) is 0 Å². The highest BCUT2D eigenvalue weighted by atomic mass is 16.5. The maximum absolute atomic E-state index is 12.6. The fraction of sp³-hybridized carbons (Fsp3) is 0.611. The summed E-state index contributed by atoms with van der Waals surface area (Å²) in [5, 5.41) is 0. The van der Waals surface area contributed by atoms with Crippen LogP contribution < -0.4 is 4.74 Å². The Morgan fingerprint density at radius 3 is 2.68 bits per heavy atom. The van der Waals surface area contributed by atoms with E-state index in [1.807, 2.05) is 18.2 Å². The van der Waals surface area contributed by atoms with Gasteiger partial charge in [-0.25, -0.2) is 0 Å². The number of fused-ring (bicyclic) bond motifs is 1. The van der Waals surface area contributed by atoms with Crippen LogP contribution in [0.15, 0.2) is 24.3 Å². The Kier molecular flexibility index (Phi) is 4.67. The fourth-order valence-electron chi connectivity index (χ4n) is 3.60. The number of benzene rings is 1. The van der Waals surface area contributed by atoms with Gasteiger partial charge in [-0.05, 0) is 50.9 Å². The zero-order valence-corrected chi connectivity index (χ0v) is 13.6. The number of ether oxygens (including phenoxy) is 1. The van der Waals surface area contributed by atoms with Gasteiger partial charge in [0.15, 0.2) is 0 Å². The number of piperidine rings is 1. The standard InChI is InChI=1S/C18H26N2O2/c1-19(2)15-7-10-20(11-8-15)18(21)13-14-9-12-22-17-6-4-3-5-16(14)17/h3-6,14-15H,7-13H2,1-2H3/t14-/m1/s1. The summed E-state index contributed by atoms with van der Waals surface area (Å²) < 4.78 is 5.69. The molecule has 120 valence electrons. The van der Waals surface area contributed by atoms with Crippen molar-refractivity contribution < 1.29 is 9.53 Å². The number of carbonyl (C=O) groups is 1. The molecule has 1 amide bonds. The topological polar surface area (TPSA) is 32.8 Å². The van der Waals surface area contributed by atoms with Crippen LogP contribution in [0.1, 0.15) is 37.2 Å². The largest absolute Gasteiger partial charge is 0.493 e. The molecule has 22 heavy (non-hydrogen) atoms. The van der Waals surface area contributed by atoms with Gasteiger partial charge in [-0.3, -0.25) is 4.79 Å². The first kappa shape index (κ1) is 15.3. The van der Waals surface area contributed by atoms with Crippen molar-refractivity contribution in [3.63, 3.8) is 0 Å². The number of rotatable bonds is 3. The molecule has 2 heterocycles. The molecule has 0 spiro atoms. The van der Waals surface area contributed by atoms with Crippen molar-refractivity contribution in [2.75, 3.05) is 33.8 Å². The molecule has 1 aromatic rings. The van der Waals surface area contributed by atoms with Crippen molar-refractivity contribution in [1.82, 2.24) is 9.80 Å². The Balaban J connectivity index is 1.59. The van der Waals surface area contributed by atoms with E-state index in [0.29, 0.717) is 24.3 Å². The second-order valence-electron chi connectivity index (χ2n) is 6.65. The smallest absolute Gasteiger partial charge is 0.223 e. The number of nitrogens with zero attached hydrogens (tertiary/aromatic N) is 2. The van der Waals surface area contributed by atoms with Crippen LogP contribution in [-0.2, 0) is 4.79 Å². The molecule has 2 aliphatic heterocycles. The lowest BCUT2D eigenvalue weighted by molar-refractivity contribution is -0.133. The van der Waals surface area contributed by atoms with Crippen LogP contribution in [0.4, 0.5) is 0 Å². The third kappa shape index (κ3) is 3.27. The molecule has 0 aromatic heterocycles. The Morgan fingerprint density at radius 1 is 1.23 bits per heavy atom. The van der Waals surface area contributed by atoms with Crippen molar-refractivity contribution >= 4 is 5.91 Å². The van der Waals surface area contributed by atoms with Gasteiger partial charge in [-0.15, -0.1) is 0 Å². The van der Waals surface area contributed by atoms with Gasteiger partial charge in [-0.1, -0.05) is 18.2 Å². The average molecular weight is 302 g/mol. The molecular formula is C18H26N2O2. The Morgan fingerprint density at radius 2 is 1.95 bits per heavy atom. The van der Waals surface area contributed by atoms with E-state index >= 15 is 0 Å². The molecule has 3 rings (SSSR count). The lowest BCUT2D eigenvalue weighted by Gasteiger charge is -2.36. The van der Waals surface area contributed by atoms with Crippen molar-refractivity contribution in [3.8, 4) is 5.75 Å². The van der Waals surface area contributed by atoms with Crippen LogP contribution in [0.5, 0.6) is 5.75 Å². The molecule has 0 bridgehead atoms. The average Bonchev–Trinajstić information content (AvgIpc) is 2.55. The van der Waals surface area contributed by atoms with Gasteiger partial charge >= 0.3 is 0 Å². The molecule has 0 unspecified atom stereocenters. The summed E-state index contributed by atoms with van der Waals surface area (Å²) in [5.74, 6) is 1.57. The SMILES string of the molecule is CN(C)C1CCN(C(=O)C[C@H]2CCOc3ccccc32)CC1. The number of hydrogen-bond acceptors (Lipinski definition) is 3. The van der Waals surface area contributed by atoms with Gasteiger partial charge in [0.25, 0.3) is 0 Å².